The van der Waals surface area contributed by atoms with Gasteiger partial charge in [-0.15, -0.1) is 0 Å². The average molecular weight is 447 g/mol. The molecule has 0 saturated heterocycles. The van der Waals surface area contributed by atoms with E-state index in [1.807, 2.05) is 48.5 Å². The molecule has 3 atom stereocenters. The van der Waals surface area contributed by atoms with Crippen molar-refractivity contribution < 1.29 is 5.11 Å². The highest BCUT2D eigenvalue weighted by molar-refractivity contribution is 6.30. The minimum Gasteiger partial charge on any atom is -0.396 e. The number of nitrogens with one attached hydrogen (secondary N) is 1. The Morgan fingerprint density at radius 1 is 0.969 bits per heavy atom. The summed E-state index contributed by atoms with van der Waals surface area (Å²) in [5, 5.41) is 24.1. The molecule has 0 fully saturated rings. The second kappa shape index (κ2) is 10.8. The molecule has 0 heterocycles. The number of nitrogens with zero attached hydrogens (tertiary/aromatic N) is 1. The van der Waals surface area contributed by atoms with Crippen LogP contribution in [0.15, 0.2) is 78.9 Å². The Kier molecular flexibility index (Phi) is 8.10. The van der Waals surface area contributed by atoms with Gasteiger partial charge in [0, 0.05) is 35.0 Å². The van der Waals surface area contributed by atoms with E-state index < -0.39 is 0 Å². The number of hydrogen-bond donors (Lipinski definition) is 2. The smallest absolute Gasteiger partial charge is 0.0991 e. The Labute approximate surface area is 196 Å². The zero-order chi connectivity index (χ0) is 23.1. The summed E-state index contributed by atoms with van der Waals surface area (Å²) in [6.45, 7) is 6.41. The number of hydrogen-bond acceptors (Lipinski definition) is 3. The fourth-order valence-corrected chi connectivity index (χ4v) is 4.31. The normalized spacial score (nSPS) is 14.4. The third kappa shape index (κ3) is 5.99. The third-order valence-electron chi connectivity index (χ3n) is 6.17. The summed E-state index contributed by atoms with van der Waals surface area (Å²) in [6.07, 6.45) is 0.807. The first kappa shape index (κ1) is 24.0. The van der Waals surface area contributed by atoms with Gasteiger partial charge in [0.05, 0.1) is 11.6 Å². The highest BCUT2D eigenvalue weighted by Crippen LogP contribution is 2.35. The molecule has 4 heteroatoms. The Bertz CT molecular complexity index is 1040. The molecule has 2 N–H and O–H groups in total. The average Bonchev–Trinajstić information content (AvgIpc) is 2.82. The molecule has 166 valence electrons. The van der Waals surface area contributed by atoms with E-state index in [1.165, 1.54) is 5.56 Å². The summed E-state index contributed by atoms with van der Waals surface area (Å²) in [5.74, 6) is 0.130. The molecule has 0 radical (unpaired) electrons. The number of benzene rings is 3. The first-order chi connectivity index (χ1) is 15.3. The summed E-state index contributed by atoms with van der Waals surface area (Å²) in [4.78, 5) is 0. The van der Waals surface area contributed by atoms with E-state index in [0.717, 1.165) is 22.6 Å². The van der Waals surface area contributed by atoms with Crippen LogP contribution in [0.25, 0.3) is 0 Å². The van der Waals surface area contributed by atoms with Gasteiger partial charge in [-0.25, -0.2) is 0 Å². The molecule has 3 aromatic carbocycles. The monoisotopic (exact) mass is 446 g/mol. The van der Waals surface area contributed by atoms with Crippen LogP contribution < -0.4 is 5.32 Å². The lowest BCUT2D eigenvalue weighted by atomic mass is 9.79. The number of nitriles is 1. The van der Waals surface area contributed by atoms with Crippen molar-refractivity contribution in [3.05, 3.63) is 106 Å². The molecule has 0 aromatic heterocycles. The fraction of sp³-hybridized carbons (Fsp3) is 0.321. The van der Waals surface area contributed by atoms with Crippen LogP contribution in [0.5, 0.6) is 0 Å². The Balaban J connectivity index is 1.96. The van der Waals surface area contributed by atoms with Gasteiger partial charge in [0.25, 0.3) is 0 Å². The molecular formula is C28H31ClN2O. The van der Waals surface area contributed by atoms with E-state index in [-0.39, 0.29) is 30.0 Å². The van der Waals surface area contributed by atoms with E-state index in [1.54, 1.807) is 0 Å². The van der Waals surface area contributed by atoms with Crippen molar-refractivity contribution in [3.8, 4) is 6.07 Å². The van der Waals surface area contributed by atoms with E-state index in [2.05, 4.69) is 62.5 Å². The second-order valence-corrected chi connectivity index (χ2v) is 9.56. The maximum absolute atomic E-state index is 10.1. The largest absolute Gasteiger partial charge is 0.396 e. The van der Waals surface area contributed by atoms with Crippen LogP contribution in [0.1, 0.15) is 55.0 Å². The van der Waals surface area contributed by atoms with Gasteiger partial charge in [-0.05, 0) is 54.3 Å². The topological polar surface area (TPSA) is 56.0 Å². The molecule has 0 aliphatic carbocycles. The summed E-state index contributed by atoms with van der Waals surface area (Å²) < 4.78 is 0. The number of rotatable bonds is 9. The summed E-state index contributed by atoms with van der Waals surface area (Å²) in [7, 11) is 0. The van der Waals surface area contributed by atoms with Gasteiger partial charge in [-0.2, -0.15) is 5.26 Å². The molecule has 3 aromatic rings. The predicted molar refractivity (Wildman–Crippen MR) is 132 cm³/mol. The van der Waals surface area contributed by atoms with Crippen LogP contribution in [0.4, 0.5) is 0 Å². The SMILES string of the molecule is C[C@H](N[C@@H](c1ccccc1)C(C)(C)CO)C(Cc1ccc(Cl)cc1)c1cccc(C#N)c1. The molecule has 0 saturated carbocycles. The molecule has 0 amide bonds. The van der Waals surface area contributed by atoms with E-state index in [0.29, 0.717) is 5.56 Å². The van der Waals surface area contributed by atoms with Crippen LogP contribution in [-0.2, 0) is 6.42 Å². The fourth-order valence-electron chi connectivity index (χ4n) is 4.19. The van der Waals surface area contributed by atoms with Crippen molar-refractivity contribution >= 4 is 11.6 Å². The molecule has 1 unspecified atom stereocenters. The maximum atomic E-state index is 10.1. The zero-order valence-electron chi connectivity index (χ0n) is 18.9. The number of aliphatic hydroxyl groups is 1. The lowest BCUT2D eigenvalue weighted by molar-refractivity contribution is 0.108. The van der Waals surface area contributed by atoms with Gasteiger partial charge in [-0.1, -0.05) is 80.0 Å². The highest BCUT2D eigenvalue weighted by atomic mass is 35.5. The van der Waals surface area contributed by atoms with Gasteiger partial charge in [0.15, 0.2) is 0 Å². The van der Waals surface area contributed by atoms with Gasteiger partial charge in [0.2, 0.25) is 0 Å². The maximum Gasteiger partial charge on any atom is 0.0991 e. The van der Waals surface area contributed by atoms with Gasteiger partial charge < -0.3 is 10.4 Å². The Morgan fingerprint density at radius 2 is 1.62 bits per heavy atom. The number of aliphatic hydroxyl groups excluding tert-OH is 1. The van der Waals surface area contributed by atoms with Crippen LogP contribution in [-0.4, -0.2) is 17.8 Å². The summed E-state index contributed by atoms with van der Waals surface area (Å²) in [6, 6.07) is 28.4. The van der Waals surface area contributed by atoms with Crippen LogP contribution in [0.3, 0.4) is 0 Å². The van der Waals surface area contributed by atoms with E-state index >= 15 is 0 Å². The Hall–Kier alpha value is -2.64. The molecule has 3 nitrogen and oxygen atoms in total. The summed E-state index contributed by atoms with van der Waals surface area (Å²) in [5.41, 5.74) is 3.76. The van der Waals surface area contributed by atoms with Crippen molar-refractivity contribution in [2.45, 2.75) is 45.2 Å². The van der Waals surface area contributed by atoms with Crippen LogP contribution in [0, 0.1) is 16.7 Å². The van der Waals surface area contributed by atoms with Gasteiger partial charge in [-0.3, -0.25) is 0 Å². The van der Waals surface area contributed by atoms with Crippen molar-refractivity contribution in [1.29, 1.82) is 5.26 Å². The standard InChI is InChI=1S/C28H31ClN2O/c1-20(31-27(28(2,3)19-32)23-9-5-4-6-10-23)26(17-21-12-14-25(29)15-13-21)24-11-7-8-22(16-24)18-30/h4-16,20,26-27,31-32H,17,19H2,1-3H3/t20-,26?,27-/m0/s1. The van der Waals surface area contributed by atoms with Crippen LogP contribution in [0.2, 0.25) is 5.02 Å². The Morgan fingerprint density at radius 3 is 2.25 bits per heavy atom. The van der Waals surface area contributed by atoms with Crippen molar-refractivity contribution in [2.24, 2.45) is 5.41 Å². The van der Waals surface area contributed by atoms with Crippen LogP contribution >= 0.6 is 11.6 Å². The third-order valence-corrected chi connectivity index (χ3v) is 6.42. The van der Waals surface area contributed by atoms with Crippen molar-refractivity contribution in [3.63, 3.8) is 0 Å². The predicted octanol–water partition coefficient (Wildman–Crippen LogP) is 6.28. The van der Waals surface area contributed by atoms with Gasteiger partial charge >= 0.3 is 0 Å². The zero-order valence-corrected chi connectivity index (χ0v) is 19.7. The molecular weight excluding hydrogens is 416 g/mol. The van der Waals surface area contributed by atoms with E-state index in [4.69, 9.17) is 11.6 Å². The molecule has 32 heavy (non-hydrogen) atoms. The van der Waals surface area contributed by atoms with Gasteiger partial charge in [0.1, 0.15) is 0 Å². The molecule has 0 aliphatic heterocycles. The van der Waals surface area contributed by atoms with Crippen molar-refractivity contribution in [2.75, 3.05) is 6.61 Å². The number of halogens is 1. The lowest BCUT2D eigenvalue weighted by Crippen LogP contribution is -2.43. The summed E-state index contributed by atoms with van der Waals surface area (Å²) >= 11 is 6.10. The molecule has 0 bridgehead atoms. The molecule has 0 spiro atoms. The lowest BCUT2D eigenvalue weighted by Gasteiger charge is -2.38. The highest BCUT2D eigenvalue weighted by Gasteiger charge is 2.33. The second-order valence-electron chi connectivity index (χ2n) is 9.12. The van der Waals surface area contributed by atoms with E-state index in [9.17, 15) is 10.4 Å². The first-order valence-corrected chi connectivity index (χ1v) is 11.4. The minimum absolute atomic E-state index is 0.0319. The molecule has 0 aliphatic rings. The molecule has 3 rings (SSSR count). The minimum atomic E-state index is -0.352. The first-order valence-electron chi connectivity index (χ1n) is 11.0. The quantitative estimate of drug-likeness (QED) is 0.407. The van der Waals surface area contributed by atoms with Crippen molar-refractivity contribution in [1.82, 2.24) is 5.32 Å².